The van der Waals surface area contributed by atoms with Gasteiger partial charge in [-0.05, 0) is 100 Å². The lowest BCUT2D eigenvalue weighted by atomic mass is 9.60. The zero-order chi connectivity index (χ0) is 21.2. The van der Waals surface area contributed by atoms with Crippen molar-refractivity contribution in [1.29, 1.82) is 0 Å². The van der Waals surface area contributed by atoms with Gasteiger partial charge in [0.15, 0.2) is 0 Å². The molecule has 0 saturated heterocycles. The second-order valence-electron chi connectivity index (χ2n) is 11.2. The fraction of sp³-hybridized carbons (Fsp3) is 0.778. The second-order valence-corrected chi connectivity index (χ2v) is 11.2. The molecule has 3 heteroatoms. The van der Waals surface area contributed by atoms with E-state index < -0.39 is 5.60 Å². The molecule has 0 bridgehead atoms. The van der Waals surface area contributed by atoms with Crippen LogP contribution in [0.15, 0.2) is 35.5 Å². The largest absolute Gasteiger partial charge is 0.412 e. The van der Waals surface area contributed by atoms with Gasteiger partial charge in [0.2, 0.25) is 0 Å². The summed E-state index contributed by atoms with van der Waals surface area (Å²) < 4.78 is 0. The first-order valence-electron chi connectivity index (χ1n) is 12.1. The Hall–Kier alpha value is -0.900. The smallest absolute Gasteiger partial charge is 0.0591 e. The summed E-state index contributed by atoms with van der Waals surface area (Å²) >= 11 is 0. The normalized spacial score (nSPS) is 35.9. The number of aliphatic hydroxyl groups is 2. The number of hydrogen-bond acceptors (Lipinski definition) is 2. The molecule has 172 valence electrons. The number of hydrogen-bond donors (Lipinski definition) is 2. The molecule has 3 aliphatic carbocycles. The number of fused-ring (bicyclic) bond motifs is 1. The standard InChI is InChI=1S/C27H44O2.H2O/c1-19-10-13-23(28)18-22(19)12-11-21-9-7-17-27(5)24(14-15-25(21)27)20(2)8-6-16-26(3,4)29;/h11-12,20,23-25,28-29H,1,6-10,13-18H2,2-5H3;1H2/b21-11+,22-12+;/t20-,23+,24-,25?,27-;/m1./s1. The molecule has 0 aromatic heterocycles. The summed E-state index contributed by atoms with van der Waals surface area (Å²) in [6.45, 7) is 13.1. The van der Waals surface area contributed by atoms with Gasteiger partial charge in [-0.2, -0.15) is 0 Å². The summed E-state index contributed by atoms with van der Waals surface area (Å²) in [5.74, 6) is 2.26. The summed E-state index contributed by atoms with van der Waals surface area (Å²) in [6.07, 6.45) is 16.9. The Bertz CT molecular complexity index is 654. The molecule has 0 spiro atoms. The van der Waals surface area contributed by atoms with Crippen molar-refractivity contribution in [3.63, 3.8) is 0 Å². The molecule has 0 aromatic rings. The zero-order valence-electron chi connectivity index (χ0n) is 19.8. The van der Waals surface area contributed by atoms with Gasteiger partial charge in [0.25, 0.3) is 0 Å². The summed E-state index contributed by atoms with van der Waals surface area (Å²) in [5.41, 5.74) is 4.02. The first-order valence-corrected chi connectivity index (χ1v) is 12.1. The van der Waals surface area contributed by atoms with E-state index in [0.717, 1.165) is 49.9 Å². The highest BCUT2D eigenvalue weighted by molar-refractivity contribution is 5.36. The Kier molecular flexibility index (Phi) is 8.58. The maximum Gasteiger partial charge on any atom is 0.0591 e. The monoisotopic (exact) mass is 418 g/mol. The van der Waals surface area contributed by atoms with E-state index in [0.29, 0.717) is 5.41 Å². The Morgan fingerprint density at radius 2 is 1.93 bits per heavy atom. The van der Waals surface area contributed by atoms with Crippen molar-refractivity contribution in [3.05, 3.63) is 35.5 Å². The lowest BCUT2D eigenvalue weighted by molar-refractivity contribution is 0.0596. The summed E-state index contributed by atoms with van der Waals surface area (Å²) in [4.78, 5) is 0. The van der Waals surface area contributed by atoms with Gasteiger partial charge < -0.3 is 15.7 Å². The molecule has 3 saturated carbocycles. The topological polar surface area (TPSA) is 72.0 Å². The Balaban J connectivity index is 0.00000320. The van der Waals surface area contributed by atoms with Crippen LogP contribution in [0.1, 0.15) is 98.3 Å². The molecule has 1 unspecified atom stereocenters. The number of rotatable bonds is 6. The Morgan fingerprint density at radius 3 is 2.63 bits per heavy atom. The van der Waals surface area contributed by atoms with Crippen molar-refractivity contribution in [3.8, 4) is 0 Å². The predicted molar refractivity (Wildman–Crippen MR) is 126 cm³/mol. The fourth-order valence-electron chi connectivity index (χ4n) is 6.67. The average molecular weight is 419 g/mol. The van der Waals surface area contributed by atoms with Crippen LogP contribution in [0, 0.1) is 23.2 Å². The number of aliphatic hydroxyl groups excluding tert-OH is 1. The molecule has 0 aromatic carbocycles. The molecule has 4 N–H and O–H groups in total. The molecular weight excluding hydrogens is 372 g/mol. The quantitative estimate of drug-likeness (QED) is 0.563. The van der Waals surface area contributed by atoms with E-state index in [1.54, 1.807) is 5.57 Å². The lowest BCUT2D eigenvalue weighted by Gasteiger charge is -2.44. The molecule has 3 fully saturated rings. The van der Waals surface area contributed by atoms with Crippen molar-refractivity contribution in [2.24, 2.45) is 23.2 Å². The third-order valence-corrected chi connectivity index (χ3v) is 8.36. The maximum absolute atomic E-state index is 10.0. The van der Waals surface area contributed by atoms with Gasteiger partial charge in [-0.1, -0.05) is 56.6 Å². The lowest BCUT2D eigenvalue weighted by Crippen LogP contribution is -2.36. The minimum Gasteiger partial charge on any atom is -0.412 e. The van der Waals surface area contributed by atoms with Crippen molar-refractivity contribution >= 4 is 0 Å². The van der Waals surface area contributed by atoms with E-state index in [2.05, 4.69) is 32.6 Å². The Morgan fingerprint density at radius 1 is 1.20 bits per heavy atom. The van der Waals surface area contributed by atoms with E-state index in [1.165, 1.54) is 49.7 Å². The fourth-order valence-corrected chi connectivity index (χ4v) is 6.67. The molecule has 3 nitrogen and oxygen atoms in total. The van der Waals surface area contributed by atoms with Crippen LogP contribution in [0.25, 0.3) is 0 Å². The summed E-state index contributed by atoms with van der Waals surface area (Å²) in [7, 11) is 0. The van der Waals surface area contributed by atoms with Crippen molar-refractivity contribution in [2.75, 3.05) is 0 Å². The highest BCUT2D eigenvalue weighted by Crippen LogP contribution is 2.60. The minimum absolute atomic E-state index is 0. The SMILES string of the molecule is C=C1CC[C@H](O)C/C1=C\C=C1/CCC[C@@]2(C)C1CC[C@@H]2[C@H](C)CCCC(C)(C)O.O. The van der Waals surface area contributed by atoms with Gasteiger partial charge in [-0.3, -0.25) is 0 Å². The van der Waals surface area contributed by atoms with E-state index in [4.69, 9.17) is 0 Å². The van der Waals surface area contributed by atoms with Crippen molar-refractivity contribution in [2.45, 2.75) is 110 Å². The maximum atomic E-state index is 10.0. The van der Waals surface area contributed by atoms with Gasteiger partial charge in [-0.15, -0.1) is 0 Å². The van der Waals surface area contributed by atoms with E-state index in [-0.39, 0.29) is 11.6 Å². The average Bonchev–Trinajstić information content (AvgIpc) is 2.99. The second kappa shape index (κ2) is 10.1. The molecule has 0 aliphatic heterocycles. The van der Waals surface area contributed by atoms with Gasteiger partial charge >= 0.3 is 0 Å². The highest BCUT2D eigenvalue weighted by Gasteiger charge is 2.50. The molecule has 0 heterocycles. The molecule has 0 radical (unpaired) electrons. The van der Waals surface area contributed by atoms with Gasteiger partial charge in [-0.25, -0.2) is 0 Å². The van der Waals surface area contributed by atoms with Crippen LogP contribution < -0.4 is 0 Å². The first-order chi connectivity index (χ1) is 13.6. The van der Waals surface area contributed by atoms with Crippen molar-refractivity contribution < 1.29 is 15.7 Å². The van der Waals surface area contributed by atoms with Gasteiger partial charge in [0.05, 0.1) is 11.7 Å². The molecule has 30 heavy (non-hydrogen) atoms. The molecular formula is C27H46O3. The zero-order valence-corrected chi connectivity index (χ0v) is 19.8. The summed E-state index contributed by atoms with van der Waals surface area (Å²) in [6, 6.07) is 0. The number of allylic oxidation sites excluding steroid dienone is 4. The molecule has 3 aliphatic rings. The van der Waals surface area contributed by atoms with Gasteiger partial charge in [0.1, 0.15) is 0 Å². The predicted octanol–water partition coefficient (Wildman–Crippen LogP) is 5.91. The Labute approximate surface area is 184 Å². The van der Waals surface area contributed by atoms with Crippen LogP contribution in [0.4, 0.5) is 0 Å². The molecule has 0 amide bonds. The van der Waals surface area contributed by atoms with Crippen LogP contribution in [-0.4, -0.2) is 27.4 Å². The molecule has 3 rings (SSSR count). The molecule has 5 atom stereocenters. The van der Waals surface area contributed by atoms with Crippen LogP contribution >= 0.6 is 0 Å². The highest BCUT2D eigenvalue weighted by atomic mass is 16.3. The van der Waals surface area contributed by atoms with Crippen molar-refractivity contribution in [1.82, 2.24) is 0 Å². The van der Waals surface area contributed by atoms with E-state index >= 15 is 0 Å². The third kappa shape index (κ3) is 5.87. The van der Waals surface area contributed by atoms with Crippen LogP contribution in [-0.2, 0) is 0 Å². The third-order valence-electron chi connectivity index (χ3n) is 8.36. The minimum atomic E-state index is -0.535. The first kappa shape index (κ1) is 25.4. The van der Waals surface area contributed by atoms with Crippen LogP contribution in [0.2, 0.25) is 0 Å². The van der Waals surface area contributed by atoms with Crippen LogP contribution in [0.3, 0.4) is 0 Å². The van der Waals surface area contributed by atoms with E-state index in [1.807, 2.05) is 13.8 Å². The van der Waals surface area contributed by atoms with Gasteiger partial charge in [0, 0.05) is 0 Å². The van der Waals surface area contributed by atoms with Crippen LogP contribution in [0.5, 0.6) is 0 Å². The summed E-state index contributed by atoms with van der Waals surface area (Å²) in [5, 5.41) is 20.1. The van der Waals surface area contributed by atoms with E-state index in [9.17, 15) is 10.2 Å².